The first-order chi connectivity index (χ1) is 7.80. The molecule has 0 aromatic carbocycles. The van der Waals surface area contributed by atoms with Gasteiger partial charge in [-0.3, -0.25) is 0 Å². The van der Waals surface area contributed by atoms with E-state index in [0.717, 1.165) is 5.71 Å². The fourth-order valence-corrected chi connectivity index (χ4v) is 1.62. The van der Waals surface area contributed by atoms with Gasteiger partial charge in [0.05, 0.1) is 25.8 Å². The molecule has 0 fully saturated rings. The summed E-state index contributed by atoms with van der Waals surface area (Å²) >= 11 is 0. The van der Waals surface area contributed by atoms with Crippen LogP contribution in [0.4, 0.5) is 0 Å². The molecule has 6 heteroatoms. The van der Waals surface area contributed by atoms with E-state index in [2.05, 4.69) is 15.1 Å². The van der Waals surface area contributed by atoms with Crippen LogP contribution in [0.1, 0.15) is 0 Å². The monoisotopic (exact) mass is 220 g/mol. The Labute approximate surface area is 92.9 Å². The highest BCUT2D eigenvalue weighted by Crippen LogP contribution is 2.25. The number of amidine groups is 1. The number of rotatable bonds is 2. The Morgan fingerprint density at radius 2 is 2.06 bits per heavy atom. The van der Waals surface area contributed by atoms with Crippen LogP contribution in [0.2, 0.25) is 0 Å². The molecule has 0 bridgehead atoms. The standard InChI is InChI=1S/C10H12N4O2/c1-15-8-3-6-7(4-9(8)16-2)12-5-13-10(6)14-11/h3-6H,11H2,1-2H3/b14-10-. The van der Waals surface area contributed by atoms with Gasteiger partial charge in [-0.2, -0.15) is 5.10 Å². The van der Waals surface area contributed by atoms with Gasteiger partial charge in [-0.15, -0.1) is 0 Å². The second kappa shape index (κ2) is 4.18. The summed E-state index contributed by atoms with van der Waals surface area (Å²) in [4.78, 5) is 8.14. The molecule has 1 atom stereocenters. The molecule has 16 heavy (non-hydrogen) atoms. The largest absolute Gasteiger partial charge is 0.493 e. The smallest absolute Gasteiger partial charge is 0.162 e. The molecule has 6 nitrogen and oxygen atoms in total. The van der Waals surface area contributed by atoms with Gasteiger partial charge in [-0.05, 0) is 6.08 Å². The zero-order chi connectivity index (χ0) is 11.5. The third-order valence-electron chi connectivity index (χ3n) is 2.41. The fourth-order valence-electron chi connectivity index (χ4n) is 1.62. The second-order valence-electron chi connectivity index (χ2n) is 3.21. The Morgan fingerprint density at radius 3 is 2.69 bits per heavy atom. The number of fused-ring (bicyclic) bond motifs is 1. The Bertz CT molecular complexity index is 446. The average molecular weight is 220 g/mol. The normalized spacial score (nSPS) is 25.5. The summed E-state index contributed by atoms with van der Waals surface area (Å²) in [6.45, 7) is 0. The molecule has 0 spiro atoms. The van der Waals surface area contributed by atoms with Gasteiger partial charge in [0.1, 0.15) is 6.34 Å². The first kappa shape index (κ1) is 10.4. The van der Waals surface area contributed by atoms with Crippen molar-refractivity contribution >= 4 is 17.9 Å². The molecular weight excluding hydrogens is 208 g/mol. The predicted octanol–water partition coefficient (Wildman–Crippen LogP) is 0.432. The van der Waals surface area contributed by atoms with Crippen LogP contribution in [0.3, 0.4) is 0 Å². The number of methoxy groups -OCH3 is 2. The Morgan fingerprint density at radius 1 is 1.31 bits per heavy atom. The highest BCUT2D eigenvalue weighted by atomic mass is 16.5. The molecule has 2 aliphatic rings. The molecular formula is C10H12N4O2. The van der Waals surface area contributed by atoms with E-state index in [1.165, 1.54) is 6.34 Å². The van der Waals surface area contributed by atoms with Crippen LogP contribution in [0.5, 0.6) is 0 Å². The van der Waals surface area contributed by atoms with Crippen molar-refractivity contribution in [2.24, 2.45) is 26.8 Å². The van der Waals surface area contributed by atoms with E-state index in [1.54, 1.807) is 20.3 Å². The summed E-state index contributed by atoms with van der Waals surface area (Å²) < 4.78 is 10.4. The predicted molar refractivity (Wildman–Crippen MR) is 61.2 cm³/mol. The quantitative estimate of drug-likeness (QED) is 0.541. The van der Waals surface area contributed by atoms with Crippen LogP contribution in [0.25, 0.3) is 0 Å². The van der Waals surface area contributed by atoms with Gasteiger partial charge in [0.2, 0.25) is 0 Å². The number of nitrogens with zero attached hydrogens (tertiary/aromatic N) is 3. The van der Waals surface area contributed by atoms with Crippen LogP contribution in [-0.4, -0.2) is 32.1 Å². The molecule has 1 unspecified atom stereocenters. The minimum absolute atomic E-state index is 0.163. The van der Waals surface area contributed by atoms with Crippen molar-refractivity contribution in [1.82, 2.24) is 0 Å². The van der Waals surface area contributed by atoms with Gasteiger partial charge in [0, 0.05) is 6.08 Å². The number of aliphatic imine (C=N–C) groups is 2. The molecule has 1 aliphatic carbocycles. The van der Waals surface area contributed by atoms with Crippen LogP contribution < -0.4 is 5.84 Å². The van der Waals surface area contributed by atoms with Gasteiger partial charge >= 0.3 is 0 Å². The summed E-state index contributed by atoms with van der Waals surface area (Å²) in [6, 6.07) is 0. The lowest BCUT2D eigenvalue weighted by atomic mass is 9.94. The van der Waals surface area contributed by atoms with Gasteiger partial charge in [-0.25, -0.2) is 9.98 Å². The van der Waals surface area contributed by atoms with Gasteiger partial charge < -0.3 is 15.3 Å². The van der Waals surface area contributed by atoms with E-state index in [4.69, 9.17) is 15.3 Å². The summed E-state index contributed by atoms with van der Waals surface area (Å²) in [5.74, 6) is 6.86. The second-order valence-corrected chi connectivity index (χ2v) is 3.21. The van der Waals surface area contributed by atoms with E-state index in [-0.39, 0.29) is 5.92 Å². The number of nitrogens with two attached hydrogens (primary N) is 1. The summed E-state index contributed by atoms with van der Waals surface area (Å²) in [7, 11) is 3.15. The van der Waals surface area contributed by atoms with Gasteiger partial charge in [0.15, 0.2) is 17.4 Å². The van der Waals surface area contributed by atoms with E-state index in [1.807, 2.05) is 6.08 Å². The maximum Gasteiger partial charge on any atom is 0.162 e. The topological polar surface area (TPSA) is 81.6 Å². The van der Waals surface area contributed by atoms with Crippen molar-refractivity contribution in [3.8, 4) is 0 Å². The third-order valence-corrected chi connectivity index (χ3v) is 2.41. The van der Waals surface area contributed by atoms with Crippen LogP contribution >= 0.6 is 0 Å². The van der Waals surface area contributed by atoms with E-state index < -0.39 is 0 Å². The fraction of sp³-hybridized carbons (Fsp3) is 0.300. The zero-order valence-corrected chi connectivity index (χ0v) is 9.04. The molecule has 0 radical (unpaired) electrons. The number of hydrogen-bond donors (Lipinski definition) is 1. The first-order valence-electron chi connectivity index (χ1n) is 4.70. The highest BCUT2D eigenvalue weighted by Gasteiger charge is 2.28. The summed E-state index contributed by atoms with van der Waals surface area (Å²) in [5.41, 5.74) is 0.789. The zero-order valence-electron chi connectivity index (χ0n) is 9.04. The minimum atomic E-state index is -0.163. The first-order valence-corrected chi connectivity index (χ1v) is 4.70. The average Bonchev–Trinajstić information content (AvgIpc) is 2.36. The highest BCUT2D eigenvalue weighted by molar-refractivity contribution is 6.19. The molecule has 0 saturated heterocycles. The summed E-state index contributed by atoms with van der Waals surface area (Å²) in [5, 5.41) is 3.62. The van der Waals surface area contributed by atoms with Crippen molar-refractivity contribution in [2.45, 2.75) is 0 Å². The van der Waals surface area contributed by atoms with Gasteiger partial charge in [0.25, 0.3) is 0 Å². The SMILES string of the molecule is COC1=CC2=NC=N/C(=N\N)C2C=C1OC. The molecule has 0 saturated carbocycles. The molecule has 2 N–H and O–H groups in total. The maximum atomic E-state index is 5.26. The molecule has 1 aliphatic heterocycles. The Hall–Kier alpha value is -2.11. The molecule has 84 valence electrons. The number of hydrogen-bond acceptors (Lipinski definition) is 5. The van der Waals surface area contributed by atoms with E-state index in [0.29, 0.717) is 17.4 Å². The van der Waals surface area contributed by atoms with E-state index in [9.17, 15) is 0 Å². The Balaban J connectivity index is 2.43. The molecule has 1 heterocycles. The van der Waals surface area contributed by atoms with Crippen LogP contribution in [0.15, 0.2) is 38.8 Å². The lowest BCUT2D eigenvalue weighted by Gasteiger charge is -2.22. The summed E-state index contributed by atoms with van der Waals surface area (Å²) in [6.07, 6.45) is 5.05. The molecule has 0 amide bonds. The van der Waals surface area contributed by atoms with Crippen molar-refractivity contribution in [3.05, 3.63) is 23.7 Å². The lowest BCUT2D eigenvalue weighted by molar-refractivity contribution is 0.218. The lowest BCUT2D eigenvalue weighted by Crippen LogP contribution is -2.28. The van der Waals surface area contributed by atoms with Crippen molar-refractivity contribution in [3.63, 3.8) is 0 Å². The van der Waals surface area contributed by atoms with Crippen molar-refractivity contribution < 1.29 is 9.47 Å². The van der Waals surface area contributed by atoms with Crippen LogP contribution in [-0.2, 0) is 9.47 Å². The number of hydrazone groups is 1. The molecule has 0 aromatic heterocycles. The molecule has 2 rings (SSSR count). The van der Waals surface area contributed by atoms with Crippen molar-refractivity contribution in [1.29, 1.82) is 0 Å². The van der Waals surface area contributed by atoms with Gasteiger partial charge in [-0.1, -0.05) is 0 Å². The van der Waals surface area contributed by atoms with Crippen molar-refractivity contribution in [2.75, 3.05) is 14.2 Å². The Kier molecular flexibility index (Phi) is 2.72. The minimum Gasteiger partial charge on any atom is -0.493 e. The molecule has 0 aromatic rings. The number of allylic oxidation sites excluding steroid dienone is 1. The van der Waals surface area contributed by atoms with E-state index >= 15 is 0 Å². The maximum absolute atomic E-state index is 5.26. The number of ether oxygens (including phenoxy) is 2. The van der Waals surface area contributed by atoms with Crippen LogP contribution in [0, 0.1) is 5.92 Å². The third kappa shape index (κ3) is 1.58.